The van der Waals surface area contributed by atoms with Gasteiger partial charge in [-0.25, -0.2) is 4.79 Å². The first-order valence-electron chi connectivity index (χ1n) is 10.7. The van der Waals surface area contributed by atoms with Gasteiger partial charge in [-0.2, -0.15) is 5.26 Å². The minimum atomic E-state index is -0.769. The number of methoxy groups -OCH3 is 1. The maximum absolute atomic E-state index is 12.6. The second-order valence-electron chi connectivity index (χ2n) is 7.26. The third-order valence-corrected chi connectivity index (χ3v) is 5.09. The second-order valence-corrected chi connectivity index (χ2v) is 7.26. The zero-order chi connectivity index (χ0) is 22.8. The highest BCUT2D eigenvalue weighted by molar-refractivity contribution is 5.81. The average Bonchev–Trinajstić information content (AvgIpc) is 2.83. The van der Waals surface area contributed by atoms with Crippen LogP contribution in [0, 0.1) is 11.3 Å². The molecule has 0 aliphatic carbocycles. The third kappa shape index (κ3) is 6.61. The Hall–Kier alpha value is -3.28. The fourth-order valence-electron chi connectivity index (χ4n) is 3.41. The molecule has 0 amide bonds. The van der Waals surface area contributed by atoms with Crippen LogP contribution in [0.5, 0.6) is 11.5 Å². The number of carbonyl (C=O) groups excluding carboxylic acids is 1. The molecule has 0 bridgehead atoms. The summed E-state index contributed by atoms with van der Waals surface area (Å²) in [7, 11) is 1.35. The number of esters is 1. The predicted octanol–water partition coefficient (Wildman–Crippen LogP) is 2.99. The van der Waals surface area contributed by atoms with Crippen LogP contribution in [-0.2, 0) is 14.3 Å². The lowest BCUT2D eigenvalue weighted by atomic mass is 10.1. The van der Waals surface area contributed by atoms with Crippen LogP contribution >= 0.6 is 0 Å². The quantitative estimate of drug-likeness (QED) is 0.565. The summed E-state index contributed by atoms with van der Waals surface area (Å²) in [5.74, 6) is 0.791. The summed E-state index contributed by atoms with van der Waals surface area (Å²) < 4.78 is 22.1. The number of nitrogens with zero attached hydrogens (tertiary/aromatic N) is 2. The molecule has 0 radical (unpaired) electrons. The molecule has 1 N–H and O–H groups in total. The van der Waals surface area contributed by atoms with Gasteiger partial charge in [0.15, 0.2) is 6.04 Å². The lowest BCUT2D eigenvalue weighted by molar-refractivity contribution is -0.141. The first kappa shape index (κ1) is 23.4. The molecule has 1 aliphatic rings. The summed E-state index contributed by atoms with van der Waals surface area (Å²) >= 11 is 0. The van der Waals surface area contributed by atoms with Crippen molar-refractivity contribution in [2.75, 3.05) is 58.5 Å². The van der Waals surface area contributed by atoms with Gasteiger partial charge in [-0.05, 0) is 48.9 Å². The minimum absolute atomic E-state index is 0.442. The van der Waals surface area contributed by atoms with Gasteiger partial charge in [-0.3, -0.25) is 4.90 Å². The highest BCUT2D eigenvalue weighted by atomic mass is 16.5. The Morgan fingerprint density at radius 3 is 2.47 bits per heavy atom. The Labute approximate surface area is 188 Å². The number of benzene rings is 2. The molecule has 1 atom stereocenters. The fraction of sp³-hybridized carbons (Fsp3) is 0.417. The van der Waals surface area contributed by atoms with Gasteiger partial charge in [-0.15, -0.1) is 0 Å². The van der Waals surface area contributed by atoms with E-state index in [0.717, 1.165) is 32.8 Å². The zero-order valence-electron chi connectivity index (χ0n) is 18.5. The van der Waals surface area contributed by atoms with E-state index in [1.165, 1.54) is 7.11 Å². The van der Waals surface area contributed by atoms with Gasteiger partial charge >= 0.3 is 5.97 Å². The van der Waals surface area contributed by atoms with Crippen molar-refractivity contribution in [1.29, 1.82) is 5.26 Å². The SMILES string of the molecule is CCOc1cc(OCCN2CCOCC2)cc(C(Nc2ccc(C#N)cc2)C(=O)OC)c1. The van der Waals surface area contributed by atoms with Crippen molar-refractivity contribution < 1.29 is 23.7 Å². The molecule has 3 rings (SSSR count). The summed E-state index contributed by atoms with van der Waals surface area (Å²) in [6.45, 7) is 6.97. The summed E-state index contributed by atoms with van der Waals surface area (Å²) in [6.07, 6.45) is 0. The highest BCUT2D eigenvalue weighted by Crippen LogP contribution is 2.30. The van der Waals surface area contributed by atoms with Gasteiger partial charge in [0.1, 0.15) is 18.1 Å². The van der Waals surface area contributed by atoms with Crippen LogP contribution < -0.4 is 14.8 Å². The normalized spacial score (nSPS) is 14.8. The minimum Gasteiger partial charge on any atom is -0.494 e. The monoisotopic (exact) mass is 439 g/mol. The van der Waals surface area contributed by atoms with E-state index < -0.39 is 12.0 Å². The Morgan fingerprint density at radius 2 is 1.84 bits per heavy atom. The zero-order valence-corrected chi connectivity index (χ0v) is 18.5. The lowest BCUT2D eigenvalue weighted by Gasteiger charge is -2.26. The lowest BCUT2D eigenvalue weighted by Crippen LogP contribution is -2.38. The number of carbonyl (C=O) groups is 1. The van der Waals surface area contributed by atoms with Gasteiger partial charge in [0.2, 0.25) is 0 Å². The molecule has 32 heavy (non-hydrogen) atoms. The third-order valence-electron chi connectivity index (χ3n) is 5.09. The maximum atomic E-state index is 12.6. The number of hydrogen-bond acceptors (Lipinski definition) is 8. The van der Waals surface area contributed by atoms with Gasteiger partial charge in [0.05, 0.1) is 38.6 Å². The van der Waals surface area contributed by atoms with Crippen molar-refractivity contribution in [3.63, 3.8) is 0 Å². The maximum Gasteiger partial charge on any atom is 0.332 e. The number of morpholine rings is 1. The molecule has 8 nitrogen and oxygen atoms in total. The number of hydrogen-bond donors (Lipinski definition) is 1. The Morgan fingerprint density at radius 1 is 1.16 bits per heavy atom. The summed E-state index contributed by atoms with van der Waals surface area (Å²) in [4.78, 5) is 14.9. The highest BCUT2D eigenvalue weighted by Gasteiger charge is 2.23. The van der Waals surface area contributed by atoms with Crippen molar-refractivity contribution in [3.05, 3.63) is 53.6 Å². The molecule has 1 heterocycles. The standard InChI is InChI=1S/C24H29N3O5/c1-3-31-21-14-19(15-22(16-21)32-13-10-27-8-11-30-12-9-27)23(24(28)29-2)26-20-6-4-18(17-25)5-7-20/h4-7,14-16,23,26H,3,8-13H2,1-2H3. The summed E-state index contributed by atoms with van der Waals surface area (Å²) in [5.41, 5.74) is 1.89. The summed E-state index contributed by atoms with van der Waals surface area (Å²) in [6, 6.07) is 13.6. The van der Waals surface area contributed by atoms with Crippen LogP contribution in [0.3, 0.4) is 0 Å². The molecule has 0 saturated carbocycles. The number of rotatable bonds is 10. The van der Waals surface area contributed by atoms with Gasteiger partial charge in [0, 0.05) is 31.4 Å². The molecule has 8 heteroatoms. The van der Waals surface area contributed by atoms with E-state index >= 15 is 0 Å². The Kier molecular flexibility index (Phi) is 8.72. The first-order chi connectivity index (χ1) is 15.6. The molecular weight excluding hydrogens is 410 g/mol. The summed E-state index contributed by atoms with van der Waals surface area (Å²) in [5, 5.41) is 12.2. The topological polar surface area (TPSA) is 93.0 Å². The fourth-order valence-corrected chi connectivity index (χ4v) is 3.41. The molecule has 1 fully saturated rings. The number of nitriles is 1. The molecule has 2 aromatic rings. The van der Waals surface area contributed by atoms with E-state index in [2.05, 4.69) is 16.3 Å². The van der Waals surface area contributed by atoms with Crippen molar-refractivity contribution in [2.45, 2.75) is 13.0 Å². The molecular formula is C24H29N3O5. The Balaban J connectivity index is 1.78. The largest absolute Gasteiger partial charge is 0.494 e. The van der Waals surface area contributed by atoms with Crippen LogP contribution in [0.4, 0.5) is 5.69 Å². The van der Waals surface area contributed by atoms with Gasteiger partial charge in [0.25, 0.3) is 0 Å². The number of ether oxygens (including phenoxy) is 4. The van der Waals surface area contributed by atoms with Crippen LogP contribution in [0.15, 0.2) is 42.5 Å². The second kappa shape index (κ2) is 11.9. The Bertz CT molecular complexity index is 920. The smallest absolute Gasteiger partial charge is 0.332 e. The van der Waals surface area contributed by atoms with E-state index in [4.69, 9.17) is 24.2 Å². The van der Waals surface area contributed by atoms with E-state index in [9.17, 15) is 4.79 Å². The van der Waals surface area contributed by atoms with Gasteiger partial charge < -0.3 is 24.3 Å². The molecule has 1 aliphatic heterocycles. The van der Waals surface area contributed by atoms with Crippen LogP contribution in [0.2, 0.25) is 0 Å². The van der Waals surface area contributed by atoms with Crippen molar-refractivity contribution in [3.8, 4) is 17.6 Å². The molecule has 0 aromatic heterocycles. The van der Waals surface area contributed by atoms with Crippen LogP contribution in [0.1, 0.15) is 24.1 Å². The van der Waals surface area contributed by atoms with Crippen molar-refractivity contribution in [2.24, 2.45) is 0 Å². The van der Waals surface area contributed by atoms with E-state index in [1.807, 2.05) is 19.1 Å². The molecule has 2 aromatic carbocycles. The number of nitrogens with one attached hydrogen (secondary N) is 1. The molecule has 170 valence electrons. The van der Waals surface area contributed by atoms with Crippen LogP contribution in [-0.4, -0.2) is 64.0 Å². The van der Waals surface area contributed by atoms with Crippen molar-refractivity contribution >= 4 is 11.7 Å². The average molecular weight is 440 g/mol. The van der Waals surface area contributed by atoms with E-state index in [1.54, 1.807) is 30.3 Å². The number of anilines is 1. The molecule has 1 unspecified atom stereocenters. The molecule has 1 saturated heterocycles. The van der Waals surface area contributed by atoms with Crippen molar-refractivity contribution in [1.82, 2.24) is 4.90 Å². The predicted molar refractivity (Wildman–Crippen MR) is 120 cm³/mol. The first-order valence-corrected chi connectivity index (χ1v) is 10.7. The van der Waals surface area contributed by atoms with E-state index in [0.29, 0.717) is 41.5 Å². The molecule has 0 spiro atoms. The van der Waals surface area contributed by atoms with Gasteiger partial charge in [-0.1, -0.05) is 0 Å². The van der Waals surface area contributed by atoms with Crippen LogP contribution in [0.25, 0.3) is 0 Å². The van der Waals surface area contributed by atoms with E-state index in [-0.39, 0.29) is 0 Å².